The summed E-state index contributed by atoms with van der Waals surface area (Å²) in [4.78, 5) is 14.1. The average Bonchev–Trinajstić information content (AvgIpc) is 2.42. The van der Waals surface area contributed by atoms with Gasteiger partial charge in [0.15, 0.2) is 0 Å². The van der Waals surface area contributed by atoms with Gasteiger partial charge in [-0.2, -0.15) is 0 Å². The molecule has 1 aromatic carbocycles. The standard InChI is InChI=1S/C14H20N2O3/c1-19-9-10-4-6-16(7-5-10)14(18)11-2-3-12(15)13(17)8-11/h2-3,8,10,17H,4-7,9,15H2,1H3. The highest BCUT2D eigenvalue weighted by atomic mass is 16.5. The first-order chi connectivity index (χ1) is 9.11. The van der Waals surface area contributed by atoms with Crippen LogP contribution in [0.1, 0.15) is 23.2 Å². The van der Waals surface area contributed by atoms with Crippen LogP contribution < -0.4 is 5.73 Å². The molecule has 1 aliphatic heterocycles. The van der Waals surface area contributed by atoms with E-state index in [0.717, 1.165) is 32.5 Å². The van der Waals surface area contributed by atoms with Gasteiger partial charge < -0.3 is 20.5 Å². The Morgan fingerprint density at radius 3 is 2.74 bits per heavy atom. The summed E-state index contributed by atoms with van der Waals surface area (Å²) in [7, 11) is 1.70. The zero-order valence-corrected chi connectivity index (χ0v) is 11.1. The molecule has 1 fully saturated rings. The fourth-order valence-corrected chi connectivity index (χ4v) is 2.40. The van der Waals surface area contributed by atoms with Crippen molar-refractivity contribution in [2.24, 2.45) is 5.92 Å². The number of phenolic OH excluding ortho intramolecular Hbond substituents is 1. The van der Waals surface area contributed by atoms with Crippen LogP contribution >= 0.6 is 0 Å². The zero-order chi connectivity index (χ0) is 13.8. The lowest BCUT2D eigenvalue weighted by Gasteiger charge is -2.31. The molecule has 2 rings (SSSR count). The predicted molar refractivity (Wildman–Crippen MR) is 73.0 cm³/mol. The number of nitrogens with two attached hydrogens (primary N) is 1. The highest BCUT2D eigenvalue weighted by molar-refractivity contribution is 5.95. The number of carbonyl (C=O) groups excluding carboxylic acids is 1. The van der Waals surface area contributed by atoms with Crippen molar-refractivity contribution >= 4 is 11.6 Å². The number of benzene rings is 1. The number of anilines is 1. The predicted octanol–water partition coefficient (Wildman–Crippen LogP) is 1.47. The van der Waals surface area contributed by atoms with E-state index < -0.39 is 0 Å². The summed E-state index contributed by atoms with van der Waals surface area (Å²) >= 11 is 0. The van der Waals surface area contributed by atoms with Crippen LogP contribution in [0.5, 0.6) is 5.75 Å². The topological polar surface area (TPSA) is 75.8 Å². The third-order valence-corrected chi connectivity index (χ3v) is 3.58. The van der Waals surface area contributed by atoms with E-state index in [0.29, 0.717) is 11.5 Å². The first-order valence-corrected chi connectivity index (χ1v) is 6.48. The van der Waals surface area contributed by atoms with E-state index in [1.807, 2.05) is 4.90 Å². The average molecular weight is 264 g/mol. The van der Waals surface area contributed by atoms with Crippen molar-refractivity contribution in [3.8, 4) is 5.75 Å². The van der Waals surface area contributed by atoms with Crippen molar-refractivity contribution in [2.75, 3.05) is 32.5 Å². The smallest absolute Gasteiger partial charge is 0.253 e. The van der Waals surface area contributed by atoms with Gasteiger partial charge >= 0.3 is 0 Å². The molecule has 3 N–H and O–H groups in total. The van der Waals surface area contributed by atoms with E-state index in [1.165, 1.54) is 6.07 Å². The number of phenols is 1. The molecule has 0 bridgehead atoms. The monoisotopic (exact) mass is 264 g/mol. The van der Waals surface area contributed by atoms with Gasteiger partial charge in [-0.05, 0) is 37.0 Å². The summed E-state index contributed by atoms with van der Waals surface area (Å²) in [6.07, 6.45) is 1.92. The van der Waals surface area contributed by atoms with Gasteiger partial charge in [-0.3, -0.25) is 4.79 Å². The minimum absolute atomic E-state index is 0.0416. The molecule has 1 aromatic rings. The molecule has 0 radical (unpaired) electrons. The van der Waals surface area contributed by atoms with E-state index in [9.17, 15) is 9.90 Å². The summed E-state index contributed by atoms with van der Waals surface area (Å²) in [6.45, 7) is 2.22. The van der Waals surface area contributed by atoms with Crippen molar-refractivity contribution in [1.29, 1.82) is 0 Å². The minimum atomic E-state index is -0.0498. The van der Waals surface area contributed by atoms with Crippen molar-refractivity contribution in [3.63, 3.8) is 0 Å². The SMILES string of the molecule is COCC1CCN(C(=O)c2ccc(N)c(O)c2)CC1. The highest BCUT2D eigenvalue weighted by Gasteiger charge is 2.23. The summed E-state index contributed by atoms with van der Waals surface area (Å²) < 4.78 is 5.14. The largest absolute Gasteiger partial charge is 0.506 e. The summed E-state index contributed by atoms with van der Waals surface area (Å²) in [5.41, 5.74) is 6.30. The molecule has 5 heteroatoms. The van der Waals surface area contributed by atoms with Gasteiger partial charge in [-0.25, -0.2) is 0 Å². The molecule has 0 spiro atoms. The Hall–Kier alpha value is -1.75. The number of likely N-dealkylation sites (tertiary alicyclic amines) is 1. The quantitative estimate of drug-likeness (QED) is 0.640. The van der Waals surface area contributed by atoms with Gasteiger partial charge in [0.1, 0.15) is 5.75 Å². The Balaban J connectivity index is 1.99. The van der Waals surface area contributed by atoms with E-state index in [4.69, 9.17) is 10.5 Å². The summed E-state index contributed by atoms with van der Waals surface area (Å²) in [5, 5.41) is 9.55. The maximum absolute atomic E-state index is 12.3. The Labute approximate surface area is 113 Å². The van der Waals surface area contributed by atoms with Crippen LogP contribution in [0.15, 0.2) is 18.2 Å². The van der Waals surface area contributed by atoms with Crippen LogP contribution in [0.4, 0.5) is 5.69 Å². The zero-order valence-electron chi connectivity index (χ0n) is 11.1. The molecular weight excluding hydrogens is 244 g/mol. The summed E-state index contributed by atoms with van der Waals surface area (Å²) in [6, 6.07) is 4.64. The summed E-state index contributed by atoms with van der Waals surface area (Å²) in [5.74, 6) is 0.445. The van der Waals surface area contributed by atoms with E-state index in [-0.39, 0.29) is 17.3 Å². The molecule has 0 saturated carbocycles. The number of carbonyl (C=O) groups is 1. The highest BCUT2D eigenvalue weighted by Crippen LogP contribution is 2.23. The number of aromatic hydroxyl groups is 1. The molecule has 1 saturated heterocycles. The molecule has 5 nitrogen and oxygen atoms in total. The molecule has 0 aliphatic carbocycles. The van der Waals surface area contributed by atoms with Crippen molar-refractivity contribution in [2.45, 2.75) is 12.8 Å². The number of hydrogen-bond donors (Lipinski definition) is 2. The normalized spacial score (nSPS) is 16.6. The number of ether oxygens (including phenoxy) is 1. The van der Waals surface area contributed by atoms with Crippen molar-refractivity contribution in [3.05, 3.63) is 23.8 Å². The Morgan fingerprint density at radius 2 is 2.16 bits per heavy atom. The molecule has 104 valence electrons. The Bertz CT molecular complexity index is 454. The number of rotatable bonds is 3. The number of amides is 1. The minimum Gasteiger partial charge on any atom is -0.506 e. The Morgan fingerprint density at radius 1 is 1.47 bits per heavy atom. The lowest BCUT2D eigenvalue weighted by Crippen LogP contribution is -2.39. The third-order valence-electron chi connectivity index (χ3n) is 3.58. The van der Waals surface area contributed by atoms with Gasteiger partial charge in [0.05, 0.1) is 5.69 Å². The third kappa shape index (κ3) is 3.17. The van der Waals surface area contributed by atoms with Gasteiger partial charge in [-0.1, -0.05) is 0 Å². The first-order valence-electron chi connectivity index (χ1n) is 6.48. The number of methoxy groups -OCH3 is 1. The number of hydrogen-bond acceptors (Lipinski definition) is 4. The van der Waals surface area contributed by atoms with Crippen LogP contribution in [0.3, 0.4) is 0 Å². The fourth-order valence-electron chi connectivity index (χ4n) is 2.40. The molecule has 1 heterocycles. The number of nitrogen functional groups attached to an aromatic ring is 1. The molecule has 0 aromatic heterocycles. The molecule has 0 unspecified atom stereocenters. The van der Waals surface area contributed by atoms with Gasteiger partial charge in [0.25, 0.3) is 5.91 Å². The first kappa shape index (κ1) is 13.7. The van der Waals surface area contributed by atoms with Gasteiger partial charge in [-0.15, -0.1) is 0 Å². The van der Waals surface area contributed by atoms with E-state index in [2.05, 4.69) is 0 Å². The van der Waals surface area contributed by atoms with Crippen molar-refractivity contribution in [1.82, 2.24) is 4.90 Å². The van der Waals surface area contributed by atoms with E-state index in [1.54, 1.807) is 19.2 Å². The number of nitrogens with zero attached hydrogens (tertiary/aromatic N) is 1. The van der Waals surface area contributed by atoms with Crippen LogP contribution in [0.25, 0.3) is 0 Å². The maximum Gasteiger partial charge on any atom is 0.253 e. The second-order valence-electron chi connectivity index (χ2n) is 4.96. The second kappa shape index (κ2) is 5.93. The van der Waals surface area contributed by atoms with Crippen LogP contribution in [0, 0.1) is 5.92 Å². The lowest BCUT2D eigenvalue weighted by molar-refractivity contribution is 0.0613. The van der Waals surface area contributed by atoms with Crippen LogP contribution in [-0.4, -0.2) is 42.7 Å². The lowest BCUT2D eigenvalue weighted by atomic mass is 9.97. The molecule has 0 atom stereocenters. The van der Waals surface area contributed by atoms with Crippen LogP contribution in [-0.2, 0) is 4.74 Å². The molecular formula is C14H20N2O3. The maximum atomic E-state index is 12.3. The Kier molecular flexibility index (Phi) is 4.27. The van der Waals surface area contributed by atoms with Crippen LogP contribution in [0.2, 0.25) is 0 Å². The van der Waals surface area contributed by atoms with E-state index >= 15 is 0 Å². The molecule has 1 amide bonds. The molecule has 19 heavy (non-hydrogen) atoms. The van der Waals surface area contributed by atoms with Gasteiger partial charge in [0.2, 0.25) is 0 Å². The fraction of sp³-hybridized carbons (Fsp3) is 0.500. The number of piperidine rings is 1. The molecule has 1 aliphatic rings. The second-order valence-corrected chi connectivity index (χ2v) is 4.96. The van der Waals surface area contributed by atoms with Gasteiger partial charge in [0, 0.05) is 32.4 Å². The van der Waals surface area contributed by atoms with Crippen molar-refractivity contribution < 1.29 is 14.6 Å².